The lowest BCUT2D eigenvalue weighted by Crippen LogP contribution is -2.49. The highest BCUT2D eigenvalue weighted by Crippen LogP contribution is 2.13. The molecule has 1 saturated heterocycles. The molecular weight excluding hydrogens is 398 g/mol. The Bertz CT molecular complexity index is 816. The van der Waals surface area contributed by atoms with E-state index in [1.807, 2.05) is 36.2 Å². The van der Waals surface area contributed by atoms with Gasteiger partial charge in [0.1, 0.15) is 5.82 Å². The first kappa shape index (κ1) is 22.0. The van der Waals surface area contributed by atoms with Crippen LogP contribution in [0.3, 0.4) is 0 Å². The number of anilines is 1. The number of piperazine rings is 1. The van der Waals surface area contributed by atoms with Gasteiger partial charge in [-0.2, -0.15) is 0 Å². The van der Waals surface area contributed by atoms with Crippen molar-refractivity contribution >= 4 is 29.0 Å². The van der Waals surface area contributed by atoms with Crippen molar-refractivity contribution in [2.24, 2.45) is 4.99 Å². The van der Waals surface area contributed by atoms with Gasteiger partial charge in [0.2, 0.25) is 5.91 Å². The first-order valence-electron chi connectivity index (χ1n) is 10.5. The second kappa shape index (κ2) is 11.5. The molecule has 0 unspecified atom stereocenters. The largest absolute Gasteiger partial charge is 0.357 e. The lowest BCUT2D eigenvalue weighted by Gasteiger charge is -2.35. The van der Waals surface area contributed by atoms with Gasteiger partial charge in [0.25, 0.3) is 0 Å². The van der Waals surface area contributed by atoms with Crippen molar-refractivity contribution < 1.29 is 4.79 Å². The number of nitrogens with zero attached hydrogens (tertiary/aromatic N) is 5. The molecule has 0 atom stereocenters. The number of thiazole rings is 1. The number of guanidine groups is 1. The second-order valence-corrected chi connectivity index (χ2v) is 8.43. The predicted molar refractivity (Wildman–Crippen MR) is 122 cm³/mol. The summed E-state index contributed by atoms with van der Waals surface area (Å²) < 4.78 is 0. The molecule has 0 bridgehead atoms. The summed E-state index contributed by atoms with van der Waals surface area (Å²) in [5.74, 6) is 1.90. The van der Waals surface area contributed by atoms with E-state index in [9.17, 15) is 4.79 Å². The number of nitrogens with one attached hydrogen (secondary N) is 2. The molecule has 0 aromatic carbocycles. The minimum Gasteiger partial charge on any atom is -0.357 e. The number of rotatable bonds is 8. The van der Waals surface area contributed by atoms with Gasteiger partial charge < -0.3 is 20.4 Å². The predicted octanol–water partition coefficient (Wildman–Crippen LogP) is 1.68. The van der Waals surface area contributed by atoms with Crippen molar-refractivity contribution in [3.63, 3.8) is 0 Å². The number of carbonyl (C=O) groups excluding carboxylic acids is 1. The monoisotopic (exact) mass is 429 g/mol. The first-order chi connectivity index (χ1) is 14.7. The number of hydrogen-bond donors (Lipinski definition) is 2. The van der Waals surface area contributed by atoms with Crippen molar-refractivity contribution in [3.05, 3.63) is 40.5 Å². The van der Waals surface area contributed by atoms with Crippen LogP contribution in [0.1, 0.15) is 23.2 Å². The molecule has 1 amide bonds. The normalized spacial score (nSPS) is 14.7. The summed E-state index contributed by atoms with van der Waals surface area (Å²) in [6, 6.07) is 5.92. The molecule has 0 radical (unpaired) electrons. The Morgan fingerprint density at radius 2 is 2.03 bits per heavy atom. The Morgan fingerprint density at radius 3 is 2.70 bits per heavy atom. The standard InChI is InChI=1S/C21H31N7OS/c1-3-22-21(24-10-7-19-26-16-17(2)30-19)25-11-8-20(29)28-14-12-27(13-15-28)18-6-4-5-9-23-18/h4-6,9,16H,3,7-8,10-15H2,1-2H3,(H2,22,24,25). The third-order valence-electron chi connectivity index (χ3n) is 4.85. The van der Waals surface area contributed by atoms with Crippen LogP contribution in [0.4, 0.5) is 5.82 Å². The minimum atomic E-state index is 0.178. The number of hydrogen-bond acceptors (Lipinski definition) is 6. The molecule has 9 heteroatoms. The molecule has 0 aliphatic carbocycles. The molecule has 0 spiro atoms. The molecule has 2 aromatic rings. The van der Waals surface area contributed by atoms with Crippen molar-refractivity contribution in [1.82, 2.24) is 25.5 Å². The molecule has 2 aromatic heterocycles. The molecule has 2 N–H and O–H groups in total. The Labute approximate surface area is 182 Å². The fourth-order valence-electron chi connectivity index (χ4n) is 3.29. The van der Waals surface area contributed by atoms with Crippen LogP contribution < -0.4 is 15.5 Å². The zero-order chi connectivity index (χ0) is 21.2. The lowest BCUT2D eigenvalue weighted by atomic mass is 10.2. The summed E-state index contributed by atoms with van der Waals surface area (Å²) in [5, 5.41) is 7.61. The van der Waals surface area contributed by atoms with E-state index in [-0.39, 0.29) is 5.91 Å². The molecule has 162 valence electrons. The van der Waals surface area contributed by atoms with E-state index in [0.717, 1.165) is 55.9 Å². The Morgan fingerprint density at radius 1 is 1.20 bits per heavy atom. The highest BCUT2D eigenvalue weighted by atomic mass is 32.1. The van der Waals surface area contributed by atoms with Gasteiger partial charge in [0.05, 0.1) is 5.01 Å². The SMILES string of the molecule is CCNC(=NCCc1ncc(C)s1)NCCC(=O)N1CCN(c2ccccn2)CC1. The molecular formula is C21H31N7OS. The van der Waals surface area contributed by atoms with Gasteiger partial charge in [-0.1, -0.05) is 6.07 Å². The fraction of sp³-hybridized carbons (Fsp3) is 0.524. The molecule has 1 aliphatic heterocycles. The van der Waals surface area contributed by atoms with Gasteiger partial charge in [-0.3, -0.25) is 9.79 Å². The number of amides is 1. The van der Waals surface area contributed by atoms with Crippen LogP contribution in [0.5, 0.6) is 0 Å². The molecule has 3 rings (SSSR count). The van der Waals surface area contributed by atoms with Gasteiger partial charge >= 0.3 is 0 Å². The summed E-state index contributed by atoms with van der Waals surface area (Å²) >= 11 is 1.71. The van der Waals surface area contributed by atoms with E-state index in [1.54, 1.807) is 17.5 Å². The van der Waals surface area contributed by atoms with E-state index in [1.165, 1.54) is 4.88 Å². The van der Waals surface area contributed by atoms with Gasteiger partial charge in [-0.25, -0.2) is 9.97 Å². The van der Waals surface area contributed by atoms with Gasteiger partial charge in [-0.05, 0) is 26.0 Å². The second-order valence-electron chi connectivity index (χ2n) is 7.11. The number of aromatic nitrogens is 2. The van der Waals surface area contributed by atoms with E-state index in [2.05, 4.69) is 37.4 Å². The van der Waals surface area contributed by atoms with Crippen LogP contribution >= 0.6 is 11.3 Å². The van der Waals surface area contributed by atoms with E-state index >= 15 is 0 Å². The number of aliphatic imine (C=N–C) groups is 1. The Hall–Kier alpha value is -2.68. The quantitative estimate of drug-likeness (QED) is 0.491. The van der Waals surface area contributed by atoms with Crippen molar-refractivity contribution in [2.45, 2.75) is 26.7 Å². The highest BCUT2D eigenvalue weighted by Gasteiger charge is 2.21. The maximum Gasteiger partial charge on any atom is 0.224 e. The zero-order valence-electron chi connectivity index (χ0n) is 17.8. The maximum atomic E-state index is 12.6. The molecule has 3 heterocycles. The summed E-state index contributed by atoms with van der Waals surface area (Å²) in [7, 11) is 0. The highest BCUT2D eigenvalue weighted by molar-refractivity contribution is 7.11. The van der Waals surface area contributed by atoms with Crippen LogP contribution in [0.15, 0.2) is 35.6 Å². The number of aryl methyl sites for hydroxylation is 1. The Balaban J connectivity index is 1.38. The number of carbonyl (C=O) groups is 1. The van der Waals surface area contributed by atoms with Crippen LogP contribution in [-0.2, 0) is 11.2 Å². The third kappa shape index (κ3) is 6.69. The molecule has 8 nitrogen and oxygen atoms in total. The van der Waals surface area contributed by atoms with Crippen molar-refractivity contribution in [2.75, 3.05) is 50.7 Å². The summed E-state index contributed by atoms with van der Waals surface area (Å²) in [5.41, 5.74) is 0. The average molecular weight is 430 g/mol. The van der Waals surface area contributed by atoms with E-state index < -0.39 is 0 Å². The summed E-state index contributed by atoms with van der Waals surface area (Å²) in [6.07, 6.45) is 4.99. The average Bonchev–Trinajstić information content (AvgIpc) is 3.19. The van der Waals surface area contributed by atoms with Crippen LogP contribution in [0, 0.1) is 6.92 Å². The topological polar surface area (TPSA) is 85.7 Å². The summed E-state index contributed by atoms with van der Waals surface area (Å²) in [4.78, 5) is 31.3. The minimum absolute atomic E-state index is 0.178. The number of pyridine rings is 1. The zero-order valence-corrected chi connectivity index (χ0v) is 18.6. The van der Waals surface area contributed by atoms with E-state index in [0.29, 0.717) is 19.5 Å². The van der Waals surface area contributed by atoms with Crippen molar-refractivity contribution in [3.8, 4) is 0 Å². The smallest absolute Gasteiger partial charge is 0.224 e. The first-order valence-corrected chi connectivity index (χ1v) is 11.3. The van der Waals surface area contributed by atoms with Crippen LogP contribution in [-0.4, -0.2) is 72.5 Å². The third-order valence-corrected chi connectivity index (χ3v) is 5.82. The van der Waals surface area contributed by atoms with Gasteiger partial charge in [-0.15, -0.1) is 11.3 Å². The van der Waals surface area contributed by atoms with Crippen LogP contribution in [0.2, 0.25) is 0 Å². The van der Waals surface area contributed by atoms with Gasteiger partial charge in [0.15, 0.2) is 5.96 Å². The Kier molecular flexibility index (Phi) is 8.43. The molecule has 1 fully saturated rings. The van der Waals surface area contributed by atoms with Crippen molar-refractivity contribution in [1.29, 1.82) is 0 Å². The molecule has 0 saturated carbocycles. The lowest BCUT2D eigenvalue weighted by molar-refractivity contribution is -0.131. The molecule has 1 aliphatic rings. The van der Waals surface area contributed by atoms with Gasteiger partial charge in [0, 0.05) is 75.9 Å². The van der Waals surface area contributed by atoms with Crippen LogP contribution in [0.25, 0.3) is 0 Å². The van der Waals surface area contributed by atoms with E-state index in [4.69, 9.17) is 0 Å². The summed E-state index contributed by atoms with van der Waals surface area (Å²) in [6.45, 7) is 9.22. The fourth-order valence-corrected chi connectivity index (χ4v) is 4.07. The molecule has 30 heavy (non-hydrogen) atoms. The maximum absolute atomic E-state index is 12.6.